The summed E-state index contributed by atoms with van der Waals surface area (Å²) in [5.74, 6) is -1.03. The Bertz CT molecular complexity index is 874. The molecule has 0 bridgehead atoms. The molecule has 2 amide bonds. The van der Waals surface area contributed by atoms with Crippen LogP contribution in [0.2, 0.25) is 0 Å². The third-order valence-corrected chi connectivity index (χ3v) is 4.31. The van der Waals surface area contributed by atoms with Crippen molar-refractivity contribution in [2.45, 2.75) is 0 Å². The Kier molecular flexibility index (Phi) is 7.07. The van der Waals surface area contributed by atoms with Crippen LogP contribution in [0.3, 0.4) is 0 Å². The molecule has 0 fully saturated rings. The minimum absolute atomic E-state index is 0.0749. The molecular weight excluding hydrogens is 470 g/mol. The Morgan fingerprint density at radius 2 is 1.77 bits per heavy atom. The van der Waals surface area contributed by atoms with E-state index in [2.05, 4.69) is 42.4 Å². The van der Waals surface area contributed by atoms with Crippen LogP contribution in [0.4, 0.5) is 0 Å². The normalized spacial score (nSPS) is 11.0. The molecule has 7 nitrogen and oxygen atoms in total. The number of hydrogen-bond acceptors (Lipinski definition) is 5. The lowest BCUT2D eigenvalue weighted by atomic mass is 10.1. The number of phenols is 1. The molecule has 0 atom stereocenters. The summed E-state index contributed by atoms with van der Waals surface area (Å²) in [7, 11) is 0. The molecule has 0 heterocycles. The highest BCUT2D eigenvalue weighted by molar-refractivity contribution is 9.11. The molecule has 4 N–H and O–H groups in total. The van der Waals surface area contributed by atoms with E-state index in [0.29, 0.717) is 25.6 Å². The maximum atomic E-state index is 12.1. The van der Waals surface area contributed by atoms with Crippen LogP contribution in [0, 0.1) is 0 Å². The van der Waals surface area contributed by atoms with Crippen LogP contribution < -0.4 is 10.9 Å². The second-order valence-electron chi connectivity index (χ2n) is 4.97. The third kappa shape index (κ3) is 5.51. The number of aromatic hydroxyl groups is 1. The Labute approximate surface area is 165 Å². The quantitative estimate of drug-likeness (QED) is 0.227. The van der Waals surface area contributed by atoms with Crippen molar-refractivity contribution in [2.75, 3.05) is 0 Å². The number of rotatable bonds is 5. The van der Waals surface area contributed by atoms with E-state index < -0.39 is 11.8 Å². The van der Waals surface area contributed by atoms with E-state index in [4.69, 9.17) is 5.21 Å². The zero-order chi connectivity index (χ0) is 19.1. The van der Waals surface area contributed by atoms with Crippen molar-refractivity contribution in [3.8, 4) is 5.75 Å². The number of carbonyl (C=O) groups excluding carboxylic acids is 2. The second-order valence-corrected chi connectivity index (χ2v) is 6.68. The molecule has 0 saturated carbocycles. The van der Waals surface area contributed by atoms with Gasteiger partial charge in [0, 0.05) is 11.6 Å². The summed E-state index contributed by atoms with van der Waals surface area (Å²) in [6, 6.07) is 9.82. The van der Waals surface area contributed by atoms with E-state index in [-0.39, 0.29) is 5.75 Å². The first-order valence-corrected chi connectivity index (χ1v) is 8.73. The van der Waals surface area contributed by atoms with Crippen molar-refractivity contribution in [1.82, 2.24) is 10.9 Å². The van der Waals surface area contributed by atoms with Gasteiger partial charge >= 0.3 is 0 Å². The van der Waals surface area contributed by atoms with Crippen molar-refractivity contribution in [1.29, 1.82) is 0 Å². The summed E-state index contributed by atoms with van der Waals surface area (Å²) in [5.41, 5.74) is 5.50. The number of amides is 2. The molecule has 0 aliphatic heterocycles. The van der Waals surface area contributed by atoms with Gasteiger partial charge in [0.05, 0.1) is 15.2 Å². The minimum atomic E-state index is -0.671. The second kappa shape index (κ2) is 9.27. The van der Waals surface area contributed by atoms with Gasteiger partial charge in [0.2, 0.25) is 0 Å². The average molecular weight is 483 g/mol. The lowest BCUT2D eigenvalue weighted by molar-refractivity contribution is -0.124. The maximum absolute atomic E-state index is 12.1. The van der Waals surface area contributed by atoms with Crippen molar-refractivity contribution in [3.05, 3.63) is 68.1 Å². The fourth-order valence-corrected chi connectivity index (χ4v) is 3.10. The Morgan fingerprint density at radius 3 is 2.42 bits per heavy atom. The first-order chi connectivity index (χ1) is 12.4. The van der Waals surface area contributed by atoms with Gasteiger partial charge in [-0.2, -0.15) is 5.10 Å². The number of nitrogens with zero attached hydrogens (tertiary/aromatic N) is 1. The fourth-order valence-electron chi connectivity index (χ4n) is 1.88. The molecule has 0 radical (unpaired) electrons. The summed E-state index contributed by atoms with van der Waals surface area (Å²) in [6.45, 7) is 0. The predicted octanol–water partition coefficient (Wildman–Crippen LogP) is 3.20. The van der Waals surface area contributed by atoms with Gasteiger partial charge in [-0.3, -0.25) is 14.8 Å². The molecule has 0 aliphatic rings. The zero-order valence-corrected chi connectivity index (χ0v) is 16.3. The molecule has 0 aliphatic carbocycles. The summed E-state index contributed by atoms with van der Waals surface area (Å²) in [6.07, 6.45) is 4.02. The SMILES string of the molecule is O=C(C=Cc1cccc(C(=O)NN=Cc2cc(Br)c(O)c(Br)c2)c1)NO. The lowest BCUT2D eigenvalue weighted by Crippen LogP contribution is -2.17. The summed E-state index contributed by atoms with van der Waals surface area (Å²) < 4.78 is 0.983. The monoisotopic (exact) mass is 481 g/mol. The van der Waals surface area contributed by atoms with Crippen molar-refractivity contribution >= 4 is 56.0 Å². The average Bonchev–Trinajstić information content (AvgIpc) is 2.64. The molecular formula is C17H13Br2N3O4. The molecule has 9 heteroatoms. The number of nitrogens with one attached hydrogen (secondary N) is 2. The van der Waals surface area contributed by atoms with Crippen LogP contribution in [0.25, 0.3) is 6.08 Å². The van der Waals surface area contributed by atoms with E-state index in [9.17, 15) is 14.7 Å². The fraction of sp³-hybridized carbons (Fsp3) is 0. The zero-order valence-electron chi connectivity index (χ0n) is 13.1. The number of benzene rings is 2. The summed E-state index contributed by atoms with van der Waals surface area (Å²) in [5, 5.41) is 22.0. The number of hydrogen-bond donors (Lipinski definition) is 4. The molecule has 0 aromatic heterocycles. The summed E-state index contributed by atoms with van der Waals surface area (Å²) >= 11 is 6.43. The Balaban J connectivity index is 2.06. The molecule has 0 saturated heterocycles. The van der Waals surface area contributed by atoms with Gasteiger partial charge in [0.15, 0.2) is 0 Å². The van der Waals surface area contributed by atoms with Crippen molar-refractivity contribution < 1.29 is 19.9 Å². The Morgan fingerprint density at radius 1 is 1.08 bits per heavy atom. The topological polar surface area (TPSA) is 111 Å². The maximum Gasteiger partial charge on any atom is 0.271 e. The van der Waals surface area contributed by atoms with E-state index in [1.807, 2.05) is 0 Å². The molecule has 2 aromatic carbocycles. The van der Waals surface area contributed by atoms with Gasteiger partial charge in [-0.1, -0.05) is 12.1 Å². The number of phenolic OH excluding ortho intramolecular Hbond substituents is 1. The number of hydroxylamine groups is 1. The van der Waals surface area contributed by atoms with E-state index in [1.54, 1.807) is 36.4 Å². The highest BCUT2D eigenvalue weighted by atomic mass is 79.9. The first-order valence-electron chi connectivity index (χ1n) is 7.14. The molecule has 134 valence electrons. The first kappa shape index (κ1) is 19.8. The number of halogens is 2. The van der Waals surface area contributed by atoms with Crippen molar-refractivity contribution in [3.63, 3.8) is 0 Å². The van der Waals surface area contributed by atoms with Crippen molar-refractivity contribution in [2.24, 2.45) is 5.10 Å². The smallest absolute Gasteiger partial charge is 0.271 e. The Hall–Kier alpha value is -2.49. The van der Waals surface area contributed by atoms with Gasteiger partial charge in [-0.25, -0.2) is 10.9 Å². The van der Waals surface area contributed by atoms with Crippen LogP contribution in [-0.4, -0.2) is 28.3 Å². The van der Waals surface area contributed by atoms with Gasteiger partial charge in [-0.05, 0) is 73.3 Å². The van der Waals surface area contributed by atoms with Gasteiger partial charge in [0.25, 0.3) is 11.8 Å². The van der Waals surface area contributed by atoms with Gasteiger partial charge < -0.3 is 5.11 Å². The number of carbonyl (C=O) groups is 2. The van der Waals surface area contributed by atoms with Gasteiger partial charge in [0.1, 0.15) is 5.75 Å². The highest BCUT2D eigenvalue weighted by Crippen LogP contribution is 2.32. The summed E-state index contributed by atoms with van der Waals surface area (Å²) in [4.78, 5) is 23.1. The number of hydrazone groups is 1. The minimum Gasteiger partial charge on any atom is -0.506 e. The molecule has 26 heavy (non-hydrogen) atoms. The largest absolute Gasteiger partial charge is 0.506 e. The van der Waals surface area contributed by atoms with Crippen LogP contribution in [0.1, 0.15) is 21.5 Å². The third-order valence-electron chi connectivity index (χ3n) is 3.11. The molecule has 2 rings (SSSR count). The van der Waals surface area contributed by atoms with Crippen LogP contribution >= 0.6 is 31.9 Å². The van der Waals surface area contributed by atoms with Gasteiger partial charge in [-0.15, -0.1) is 0 Å². The van der Waals surface area contributed by atoms with Crippen LogP contribution in [-0.2, 0) is 4.79 Å². The molecule has 2 aromatic rings. The van der Waals surface area contributed by atoms with Crippen LogP contribution in [0.15, 0.2) is 56.5 Å². The van der Waals surface area contributed by atoms with E-state index in [0.717, 1.165) is 6.08 Å². The van der Waals surface area contributed by atoms with E-state index in [1.165, 1.54) is 17.8 Å². The lowest BCUT2D eigenvalue weighted by Gasteiger charge is -2.03. The van der Waals surface area contributed by atoms with E-state index >= 15 is 0 Å². The molecule has 0 spiro atoms. The molecule has 0 unspecified atom stereocenters. The predicted molar refractivity (Wildman–Crippen MR) is 104 cm³/mol. The van der Waals surface area contributed by atoms with Crippen LogP contribution in [0.5, 0.6) is 5.75 Å². The highest BCUT2D eigenvalue weighted by Gasteiger charge is 2.06. The standard InChI is InChI=1S/C17H13Br2N3O4/c18-13-7-11(8-14(19)16(13)24)9-20-21-17(25)12-3-1-2-10(6-12)4-5-15(23)22-26/h1-9,24,26H,(H,21,25)(H,22,23).